The van der Waals surface area contributed by atoms with E-state index in [1.807, 2.05) is 6.07 Å². The third-order valence-corrected chi connectivity index (χ3v) is 3.56. The van der Waals surface area contributed by atoms with Crippen LogP contribution in [0.1, 0.15) is 39.3 Å². The molecule has 0 bridgehead atoms. The van der Waals surface area contributed by atoms with Crippen molar-refractivity contribution in [1.82, 2.24) is 4.98 Å². The summed E-state index contributed by atoms with van der Waals surface area (Å²) in [5.74, 6) is 0.397. The zero-order chi connectivity index (χ0) is 14.0. The Kier molecular flexibility index (Phi) is 3.93. The highest BCUT2D eigenvalue weighted by molar-refractivity contribution is 5.92. The van der Waals surface area contributed by atoms with E-state index < -0.39 is 0 Å². The van der Waals surface area contributed by atoms with Crippen molar-refractivity contribution < 1.29 is 0 Å². The molecule has 1 aromatic carbocycles. The molecule has 102 valence electrons. The van der Waals surface area contributed by atoms with E-state index in [2.05, 4.69) is 55.8 Å². The van der Waals surface area contributed by atoms with Crippen molar-refractivity contribution in [2.45, 2.75) is 33.6 Å². The fourth-order valence-electron chi connectivity index (χ4n) is 2.34. The van der Waals surface area contributed by atoms with Gasteiger partial charge in [-0.25, -0.2) is 0 Å². The van der Waals surface area contributed by atoms with Crippen LogP contribution in [0.15, 0.2) is 24.3 Å². The first-order valence-corrected chi connectivity index (χ1v) is 7.01. The van der Waals surface area contributed by atoms with Gasteiger partial charge in [0.05, 0.1) is 5.52 Å². The van der Waals surface area contributed by atoms with Gasteiger partial charge in [-0.15, -0.1) is 0 Å². The number of benzene rings is 1. The lowest BCUT2D eigenvalue weighted by atomic mass is 10.1. The Morgan fingerprint density at radius 2 is 1.84 bits per heavy atom. The lowest BCUT2D eigenvalue weighted by Gasteiger charge is -2.21. The number of hydrogen-bond donors (Lipinski definition) is 1. The summed E-state index contributed by atoms with van der Waals surface area (Å²) in [4.78, 5) is 7.00. The molecule has 3 heteroatoms. The number of nitrogens with two attached hydrogens (primary N) is 1. The fraction of sp³-hybridized carbons (Fsp3) is 0.438. The Hall–Kier alpha value is -1.77. The summed E-state index contributed by atoms with van der Waals surface area (Å²) in [6.45, 7) is 10.6. The van der Waals surface area contributed by atoms with Gasteiger partial charge in [-0.3, -0.25) is 4.98 Å². The fourth-order valence-corrected chi connectivity index (χ4v) is 2.34. The van der Waals surface area contributed by atoms with E-state index in [0.29, 0.717) is 5.92 Å². The van der Waals surface area contributed by atoms with Crippen molar-refractivity contribution in [1.29, 1.82) is 0 Å². The van der Waals surface area contributed by atoms with Crippen LogP contribution in [0.5, 0.6) is 0 Å². The summed E-state index contributed by atoms with van der Waals surface area (Å²) < 4.78 is 0. The number of hydrogen-bond acceptors (Lipinski definition) is 3. The average molecular weight is 257 g/mol. The second kappa shape index (κ2) is 5.47. The molecule has 3 nitrogen and oxygen atoms in total. The van der Waals surface area contributed by atoms with Crippen molar-refractivity contribution in [2.24, 2.45) is 0 Å². The third kappa shape index (κ3) is 2.65. The van der Waals surface area contributed by atoms with Crippen molar-refractivity contribution in [3.63, 3.8) is 0 Å². The van der Waals surface area contributed by atoms with Gasteiger partial charge in [-0.05, 0) is 44.0 Å². The van der Waals surface area contributed by atoms with Crippen molar-refractivity contribution >= 4 is 22.3 Å². The molecule has 2 aromatic rings. The Morgan fingerprint density at radius 3 is 2.42 bits per heavy atom. The summed E-state index contributed by atoms with van der Waals surface area (Å²) in [7, 11) is 0. The predicted molar refractivity (Wildman–Crippen MR) is 83.8 cm³/mol. The standard InChI is InChI=1S/C16H23N3/c1-5-19(6-2)12-7-8-15-13(9-12)14(17)10-16(18-15)11(3)4/h7-11H,5-6H2,1-4H3,(H2,17,18). The molecule has 0 saturated carbocycles. The minimum Gasteiger partial charge on any atom is -0.398 e. The Labute approximate surface area is 115 Å². The molecule has 2 N–H and O–H groups in total. The van der Waals surface area contributed by atoms with Crippen LogP contribution in [0.4, 0.5) is 11.4 Å². The topological polar surface area (TPSA) is 42.2 Å². The maximum Gasteiger partial charge on any atom is 0.0727 e. The summed E-state index contributed by atoms with van der Waals surface area (Å²) in [6.07, 6.45) is 0. The number of pyridine rings is 1. The minimum atomic E-state index is 0.397. The quantitative estimate of drug-likeness (QED) is 0.906. The lowest BCUT2D eigenvalue weighted by Crippen LogP contribution is -2.21. The molecular formula is C16H23N3. The van der Waals surface area contributed by atoms with Gasteiger partial charge in [-0.1, -0.05) is 13.8 Å². The van der Waals surface area contributed by atoms with Gasteiger partial charge < -0.3 is 10.6 Å². The first-order chi connectivity index (χ1) is 9.06. The number of nitrogen functional groups attached to an aromatic ring is 1. The van der Waals surface area contributed by atoms with Crippen LogP contribution in [0, 0.1) is 0 Å². The van der Waals surface area contributed by atoms with Gasteiger partial charge in [0.2, 0.25) is 0 Å². The number of nitrogens with zero attached hydrogens (tertiary/aromatic N) is 2. The largest absolute Gasteiger partial charge is 0.398 e. The van der Waals surface area contributed by atoms with Gasteiger partial charge in [0.15, 0.2) is 0 Å². The Morgan fingerprint density at radius 1 is 1.16 bits per heavy atom. The SMILES string of the molecule is CCN(CC)c1ccc2nc(C(C)C)cc(N)c2c1. The van der Waals surface area contributed by atoms with Crippen LogP contribution >= 0.6 is 0 Å². The monoisotopic (exact) mass is 257 g/mol. The molecule has 1 heterocycles. The maximum atomic E-state index is 6.19. The first-order valence-electron chi connectivity index (χ1n) is 7.01. The van der Waals surface area contributed by atoms with E-state index in [1.165, 1.54) is 5.69 Å². The Balaban J connectivity index is 2.55. The van der Waals surface area contributed by atoms with E-state index in [4.69, 9.17) is 5.73 Å². The second-order valence-electron chi connectivity index (χ2n) is 5.16. The number of aromatic nitrogens is 1. The molecule has 0 aliphatic rings. The van der Waals surface area contributed by atoms with Crippen molar-refractivity contribution in [3.05, 3.63) is 30.0 Å². The molecule has 0 saturated heterocycles. The van der Waals surface area contributed by atoms with Crippen LogP contribution < -0.4 is 10.6 Å². The molecule has 0 amide bonds. The van der Waals surface area contributed by atoms with Crippen LogP contribution in [-0.2, 0) is 0 Å². The third-order valence-electron chi connectivity index (χ3n) is 3.56. The molecule has 0 aliphatic carbocycles. The van der Waals surface area contributed by atoms with E-state index in [1.54, 1.807) is 0 Å². The summed E-state index contributed by atoms with van der Waals surface area (Å²) in [6, 6.07) is 8.35. The molecule has 0 fully saturated rings. The molecule has 0 unspecified atom stereocenters. The number of fused-ring (bicyclic) bond motifs is 1. The predicted octanol–water partition coefficient (Wildman–Crippen LogP) is 3.79. The maximum absolute atomic E-state index is 6.19. The van der Waals surface area contributed by atoms with E-state index in [-0.39, 0.29) is 0 Å². The summed E-state index contributed by atoms with van der Waals surface area (Å²) in [5, 5.41) is 1.05. The number of anilines is 2. The zero-order valence-electron chi connectivity index (χ0n) is 12.3. The molecule has 0 aliphatic heterocycles. The molecular weight excluding hydrogens is 234 g/mol. The normalized spacial score (nSPS) is 11.2. The smallest absolute Gasteiger partial charge is 0.0727 e. The summed E-state index contributed by atoms with van der Waals surface area (Å²) >= 11 is 0. The van der Waals surface area contributed by atoms with E-state index in [0.717, 1.165) is 35.4 Å². The molecule has 19 heavy (non-hydrogen) atoms. The first kappa shape index (κ1) is 13.7. The highest BCUT2D eigenvalue weighted by Crippen LogP contribution is 2.28. The molecule has 0 radical (unpaired) electrons. The van der Waals surface area contributed by atoms with Gasteiger partial charge in [0, 0.05) is 35.5 Å². The van der Waals surface area contributed by atoms with E-state index >= 15 is 0 Å². The second-order valence-corrected chi connectivity index (χ2v) is 5.16. The van der Waals surface area contributed by atoms with Gasteiger partial charge in [0.25, 0.3) is 0 Å². The number of rotatable bonds is 4. The van der Waals surface area contributed by atoms with Crippen LogP contribution in [0.2, 0.25) is 0 Å². The van der Waals surface area contributed by atoms with Gasteiger partial charge >= 0.3 is 0 Å². The average Bonchev–Trinajstić information content (AvgIpc) is 2.40. The molecule has 1 aromatic heterocycles. The Bertz CT molecular complexity index is 571. The van der Waals surface area contributed by atoms with Crippen molar-refractivity contribution in [2.75, 3.05) is 23.7 Å². The lowest BCUT2D eigenvalue weighted by molar-refractivity contribution is 0.830. The van der Waals surface area contributed by atoms with Crippen molar-refractivity contribution in [3.8, 4) is 0 Å². The van der Waals surface area contributed by atoms with Crippen LogP contribution in [-0.4, -0.2) is 18.1 Å². The highest BCUT2D eigenvalue weighted by atomic mass is 15.1. The molecule has 2 rings (SSSR count). The van der Waals surface area contributed by atoms with Crippen LogP contribution in [0.3, 0.4) is 0 Å². The van der Waals surface area contributed by atoms with Gasteiger partial charge in [-0.2, -0.15) is 0 Å². The van der Waals surface area contributed by atoms with Gasteiger partial charge in [0.1, 0.15) is 0 Å². The molecule has 0 atom stereocenters. The van der Waals surface area contributed by atoms with Crippen LogP contribution in [0.25, 0.3) is 10.9 Å². The van der Waals surface area contributed by atoms with E-state index in [9.17, 15) is 0 Å². The zero-order valence-corrected chi connectivity index (χ0v) is 12.3. The summed E-state index contributed by atoms with van der Waals surface area (Å²) in [5.41, 5.74) is 10.3. The molecule has 0 spiro atoms. The minimum absolute atomic E-state index is 0.397. The highest BCUT2D eigenvalue weighted by Gasteiger charge is 2.09.